The molecule has 0 saturated heterocycles. The van der Waals surface area contributed by atoms with Crippen LogP contribution >= 0.6 is 0 Å². The normalized spacial score (nSPS) is 11.5. The first kappa shape index (κ1) is 17.5. The first-order valence-electron chi connectivity index (χ1n) is 7.73. The number of carbonyl (C=O) groups is 2. The lowest BCUT2D eigenvalue weighted by Crippen LogP contribution is -2.31. The predicted octanol–water partition coefficient (Wildman–Crippen LogP) is 3.07. The number of nitrogens with zero attached hydrogens (tertiary/aromatic N) is 1. The molecular weight excluding hydrogens is 306 g/mol. The summed E-state index contributed by atoms with van der Waals surface area (Å²) in [4.78, 5) is 25.6. The third kappa shape index (κ3) is 4.35. The van der Waals surface area contributed by atoms with Gasteiger partial charge in [-0.05, 0) is 31.2 Å². The fraction of sp³-hybridized carbons (Fsp3) is 0.263. The number of esters is 1. The number of carbonyl (C=O) groups excluding carboxylic acids is 2. The van der Waals surface area contributed by atoms with Crippen LogP contribution in [0.4, 0.5) is 0 Å². The van der Waals surface area contributed by atoms with Gasteiger partial charge in [-0.25, -0.2) is 4.79 Å². The van der Waals surface area contributed by atoms with Crippen molar-refractivity contribution in [2.75, 3.05) is 20.7 Å². The van der Waals surface area contributed by atoms with Gasteiger partial charge in [0.05, 0.1) is 12.2 Å². The maximum Gasteiger partial charge on any atom is 0.338 e. The number of amides is 1. The van der Waals surface area contributed by atoms with Crippen LogP contribution in [-0.2, 0) is 9.53 Å². The maximum atomic E-state index is 12.4. The Labute approximate surface area is 141 Å². The van der Waals surface area contributed by atoms with Crippen LogP contribution in [0.1, 0.15) is 28.9 Å². The van der Waals surface area contributed by atoms with Crippen LogP contribution in [0.15, 0.2) is 54.6 Å². The van der Waals surface area contributed by atoms with E-state index in [1.165, 1.54) is 4.90 Å². The highest BCUT2D eigenvalue weighted by atomic mass is 16.5. The van der Waals surface area contributed by atoms with Crippen LogP contribution in [0.3, 0.4) is 0 Å². The number of likely N-dealkylation sites (N-methyl/N-ethyl adjacent to an activating group) is 1. The molecular formula is C19H21NO4. The molecule has 126 valence electrons. The van der Waals surface area contributed by atoms with E-state index in [1.54, 1.807) is 45.3 Å². The fourth-order valence-electron chi connectivity index (χ4n) is 2.14. The minimum atomic E-state index is -0.741. The molecule has 0 fully saturated rings. The van der Waals surface area contributed by atoms with Gasteiger partial charge in [0.25, 0.3) is 5.91 Å². The number of hydrogen-bond donors (Lipinski definition) is 0. The van der Waals surface area contributed by atoms with Crippen molar-refractivity contribution in [2.24, 2.45) is 0 Å². The average molecular weight is 327 g/mol. The van der Waals surface area contributed by atoms with Gasteiger partial charge in [-0.1, -0.05) is 30.3 Å². The molecule has 0 saturated carbocycles. The van der Waals surface area contributed by atoms with Crippen LogP contribution in [0.2, 0.25) is 0 Å². The lowest BCUT2D eigenvalue weighted by Gasteiger charge is -2.22. The molecule has 0 heterocycles. The number of benzene rings is 2. The number of rotatable bonds is 6. The van der Waals surface area contributed by atoms with E-state index in [9.17, 15) is 9.59 Å². The van der Waals surface area contributed by atoms with E-state index in [1.807, 2.05) is 30.3 Å². The van der Waals surface area contributed by atoms with E-state index in [2.05, 4.69) is 0 Å². The first-order valence-corrected chi connectivity index (χ1v) is 7.73. The van der Waals surface area contributed by atoms with E-state index in [4.69, 9.17) is 9.47 Å². The average Bonchev–Trinajstić information content (AvgIpc) is 2.60. The Hall–Kier alpha value is -2.82. The van der Waals surface area contributed by atoms with Crippen LogP contribution in [0.25, 0.3) is 0 Å². The van der Waals surface area contributed by atoms with E-state index >= 15 is 0 Å². The first-order chi connectivity index (χ1) is 11.5. The molecule has 24 heavy (non-hydrogen) atoms. The zero-order chi connectivity index (χ0) is 17.5. The molecule has 2 aromatic rings. The Bertz CT molecular complexity index is 680. The molecule has 1 unspecified atom stereocenters. The lowest BCUT2D eigenvalue weighted by atomic mass is 10.1. The van der Waals surface area contributed by atoms with Crippen molar-refractivity contribution < 1.29 is 19.1 Å². The summed E-state index contributed by atoms with van der Waals surface area (Å²) >= 11 is 0. The van der Waals surface area contributed by atoms with Crippen molar-refractivity contribution in [3.8, 4) is 5.75 Å². The molecule has 0 aliphatic rings. The summed E-state index contributed by atoms with van der Waals surface area (Å²) in [5.74, 6) is -0.0317. The molecule has 0 aromatic heterocycles. The molecule has 2 rings (SSSR count). The van der Waals surface area contributed by atoms with Crippen molar-refractivity contribution in [3.63, 3.8) is 0 Å². The fourth-order valence-corrected chi connectivity index (χ4v) is 2.14. The van der Waals surface area contributed by atoms with Gasteiger partial charge in [0.2, 0.25) is 6.10 Å². The SMILES string of the molecule is CCOC(=O)c1ccc(OC(C(=O)N(C)C)c2ccccc2)cc1. The molecule has 0 radical (unpaired) electrons. The predicted molar refractivity (Wildman–Crippen MR) is 90.9 cm³/mol. The summed E-state index contributed by atoms with van der Waals surface area (Å²) in [6, 6.07) is 15.9. The standard InChI is InChI=1S/C19H21NO4/c1-4-23-19(22)15-10-12-16(13-11-15)24-17(18(21)20(2)3)14-8-6-5-7-9-14/h5-13,17H,4H2,1-3H3. The molecule has 5 heteroatoms. The second kappa shape index (κ2) is 8.15. The molecule has 0 spiro atoms. The Balaban J connectivity index is 2.21. The summed E-state index contributed by atoms with van der Waals surface area (Å²) < 4.78 is 10.8. The minimum absolute atomic E-state index is 0.157. The van der Waals surface area contributed by atoms with Crippen LogP contribution < -0.4 is 4.74 Å². The van der Waals surface area contributed by atoms with E-state index in [-0.39, 0.29) is 11.9 Å². The highest BCUT2D eigenvalue weighted by Crippen LogP contribution is 2.24. The Morgan fingerprint density at radius 2 is 1.62 bits per heavy atom. The van der Waals surface area contributed by atoms with Gasteiger partial charge in [-0.15, -0.1) is 0 Å². The Morgan fingerprint density at radius 1 is 1.00 bits per heavy atom. The van der Waals surface area contributed by atoms with Crippen LogP contribution in [-0.4, -0.2) is 37.5 Å². The van der Waals surface area contributed by atoms with Crippen molar-refractivity contribution in [2.45, 2.75) is 13.0 Å². The second-order valence-corrected chi connectivity index (χ2v) is 5.39. The second-order valence-electron chi connectivity index (χ2n) is 5.39. The molecule has 0 bridgehead atoms. The summed E-state index contributed by atoms with van der Waals surface area (Å²) in [6.07, 6.45) is -0.741. The van der Waals surface area contributed by atoms with Gasteiger partial charge in [0, 0.05) is 19.7 Å². The molecule has 1 atom stereocenters. The quantitative estimate of drug-likeness (QED) is 0.765. The van der Waals surface area contributed by atoms with Crippen molar-refractivity contribution >= 4 is 11.9 Å². The summed E-state index contributed by atoms with van der Waals surface area (Å²) in [6.45, 7) is 2.08. The minimum Gasteiger partial charge on any atom is -0.476 e. The molecule has 0 aliphatic heterocycles. The molecule has 2 aromatic carbocycles. The third-order valence-corrected chi connectivity index (χ3v) is 3.39. The van der Waals surface area contributed by atoms with Crippen molar-refractivity contribution in [1.82, 2.24) is 4.90 Å². The molecule has 1 amide bonds. The summed E-state index contributed by atoms with van der Waals surface area (Å²) in [7, 11) is 3.37. The smallest absolute Gasteiger partial charge is 0.338 e. The molecule has 0 aliphatic carbocycles. The Morgan fingerprint density at radius 3 is 2.17 bits per heavy atom. The van der Waals surface area contributed by atoms with Gasteiger partial charge in [0.1, 0.15) is 5.75 Å². The highest BCUT2D eigenvalue weighted by molar-refractivity contribution is 5.89. The number of ether oxygens (including phenoxy) is 2. The maximum absolute atomic E-state index is 12.4. The highest BCUT2D eigenvalue weighted by Gasteiger charge is 2.24. The van der Waals surface area contributed by atoms with Crippen molar-refractivity contribution in [3.05, 3.63) is 65.7 Å². The lowest BCUT2D eigenvalue weighted by molar-refractivity contribution is -0.136. The van der Waals surface area contributed by atoms with Gasteiger partial charge >= 0.3 is 5.97 Å². The van der Waals surface area contributed by atoms with Gasteiger partial charge < -0.3 is 14.4 Å². The van der Waals surface area contributed by atoms with Crippen LogP contribution in [0.5, 0.6) is 5.75 Å². The zero-order valence-electron chi connectivity index (χ0n) is 14.1. The van der Waals surface area contributed by atoms with Crippen molar-refractivity contribution in [1.29, 1.82) is 0 Å². The topological polar surface area (TPSA) is 55.8 Å². The molecule has 0 N–H and O–H groups in total. The monoisotopic (exact) mass is 327 g/mol. The van der Waals surface area contributed by atoms with E-state index < -0.39 is 6.10 Å². The third-order valence-electron chi connectivity index (χ3n) is 3.39. The Kier molecular flexibility index (Phi) is 5.95. The largest absolute Gasteiger partial charge is 0.476 e. The summed E-state index contributed by atoms with van der Waals surface area (Å²) in [5.41, 5.74) is 1.21. The van der Waals surface area contributed by atoms with Gasteiger partial charge in [-0.2, -0.15) is 0 Å². The van der Waals surface area contributed by atoms with Gasteiger partial charge in [-0.3, -0.25) is 4.79 Å². The number of hydrogen-bond acceptors (Lipinski definition) is 4. The van der Waals surface area contributed by atoms with Crippen LogP contribution in [0, 0.1) is 0 Å². The van der Waals surface area contributed by atoms with Gasteiger partial charge in [0.15, 0.2) is 0 Å². The van der Waals surface area contributed by atoms with E-state index in [0.29, 0.717) is 17.9 Å². The molecule has 5 nitrogen and oxygen atoms in total. The van der Waals surface area contributed by atoms with E-state index in [0.717, 1.165) is 5.56 Å². The summed E-state index contributed by atoms with van der Waals surface area (Å²) in [5, 5.41) is 0. The zero-order valence-corrected chi connectivity index (χ0v) is 14.1.